The summed E-state index contributed by atoms with van der Waals surface area (Å²) in [4.78, 5) is 2.67. The highest BCUT2D eigenvalue weighted by Crippen LogP contribution is 2.26. The molecule has 2 heterocycles. The molecule has 0 radical (unpaired) electrons. The van der Waals surface area contributed by atoms with Crippen LogP contribution in [-0.4, -0.2) is 45.9 Å². The first-order valence-electron chi connectivity index (χ1n) is 8.50. The van der Waals surface area contributed by atoms with Crippen LogP contribution in [0.1, 0.15) is 52.0 Å². The molecule has 2 rings (SSSR count). The van der Waals surface area contributed by atoms with Crippen LogP contribution >= 0.6 is 0 Å². The van der Waals surface area contributed by atoms with Crippen molar-refractivity contribution in [1.82, 2.24) is 20.0 Å². The molecule has 1 aromatic rings. The van der Waals surface area contributed by atoms with Crippen molar-refractivity contribution in [1.29, 1.82) is 0 Å². The molecule has 0 aromatic carbocycles. The number of aryl methyl sites for hydroxylation is 2. The fourth-order valence-corrected chi connectivity index (χ4v) is 3.45. The lowest BCUT2D eigenvalue weighted by molar-refractivity contribution is 0.102. The smallest absolute Gasteiger partial charge is 0.0521 e. The lowest BCUT2D eigenvalue weighted by Crippen LogP contribution is -2.57. The maximum Gasteiger partial charge on any atom is 0.0521 e. The summed E-state index contributed by atoms with van der Waals surface area (Å²) in [5.41, 5.74) is 1.58. The molecule has 1 aliphatic rings. The van der Waals surface area contributed by atoms with Gasteiger partial charge in [0.05, 0.1) is 6.20 Å². The van der Waals surface area contributed by atoms with Crippen LogP contribution in [0.2, 0.25) is 0 Å². The Kier molecular flexibility index (Phi) is 5.82. The molecule has 0 aliphatic carbocycles. The van der Waals surface area contributed by atoms with E-state index in [0.717, 1.165) is 13.0 Å². The summed E-state index contributed by atoms with van der Waals surface area (Å²) in [5, 5.41) is 8.08. The summed E-state index contributed by atoms with van der Waals surface area (Å²) in [6.07, 6.45) is 10.3. The number of rotatable bonds is 8. The average Bonchev–Trinajstić information content (AvgIpc) is 3.10. The van der Waals surface area contributed by atoms with E-state index in [1.165, 1.54) is 44.3 Å². The molecule has 1 fully saturated rings. The molecular formula is C17H32N4. The summed E-state index contributed by atoms with van der Waals surface area (Å²) in [7, 11) is 1.99. The molecule has 1 atom stereocenters. The van der Waals surface area contributed by atoms with E-state index in [0.29, 0.717) is 6.04 Å². The third-order valence-corrected chi connectivity index (χ3v) is 4.89. The van der Waals surface area contributed by atoms with Crippen LogP contribution in [0.3, 0.4) is 0 Å². The maximum atomic E-state index is 4.28. The first kappa shape index (κ1) is 16.5. The van der Waals surface area contributed by atoms with Gasteiger partial charge in [-0.15, -0.1) is 0 Å². The van der Waals surface area contributed by atoms with E-state index >= 15 is 0 Å². The van der Waals surface area contributed by atoms with Crippen molar-refractivity contribution in [3.8, 4) is 0 Å². The van der Waals surface area contributed by atoms with Crippen LogP contribution in [0.15, 0.2) is 12.4 Å². The largest absolute Gasteiger partial charge is 0.312 e. The quantitative estimate of drug-likeness (QED) is 0.799. The SMILES string of the molecule is CCCNC(CCc1cnn(C)c1)C(C)(C)N1CCCC1. The van der Waals surface area contributed by atoms with Gasteiger partial charge in [-0.05, 0) is 71.1 Å². The van der Waals surface area contributed by atoms with Gasteiger partial charge in [-0.3, -0.25) is 9.58 Å². The Balaban J connectivity index is 1.98. The number of nitrogens with one attached hydrogen (secondary N) is 1. The van der Waals surface area contributed by atoms with Gasteiger partial charge in [0.2, 0.25) is 0 Å². The molecule has 1 aliphatic heterocycles. The van der Waals surface area contributed by atoms with Gasteiger partial charge in [-0.1, -0.05) is 6.92 Å². The van der Waals surface area contributed by atoms with E-state index in [1.54, 1.807) is 0 Å². The zero-order valence-electron chi connectivity index (χ0n) is 14.2. The summed E-state index contributed by atoms with van der Waals surface area (Å²) in [6, 6.07) is 0.538. The van der Waals surface area contributed by atoms with E-state index in [-0.39, 0.29) is 5.54 Å². The van der Waals surface area contributed by atoms with Crippen molar-refractivity contribution < 1.29 is 0 Å². The number of hydrogen-bond acceptors (Lipinski definition) is 3. The number of aromatic nitrogens is 2. The fraction of sp³-hybridized carbons (Fsp3) is 0.824. The number of hydrogen-bond donors (Lipinski definition) is 1. The Labute approximate surface area is 129 Å². The second kappa shape index (κ2) is 7.41. The van der Waals surface area contributed by atoms with Gasteiger partial charge in [0, 0.05) is 24.8 Å². The molecule has 0 bridgehead atoms. The van der Waals surface area contributed by atoms with Crippen LogP contribution in [0.4, 0.5) is 0 Å². The van der Waals surface area contributed by atoms with Crippen molar-refractivity contribution in [2.24, 2.45) is 7.05 Å². The lowest BCUT2D eigenvalue weighted by Gasteiger charge is -2.43. The Morgan fingerprint density at radius 3 is 2.62 bits per heavy atom. The molecule has 4 nitrogen and oxygen atoms in total. The number of likely N-dealkylation sites (tertiary alicyclic amines) is 1. The summed E-state index contributed by atoms with van der Waals surface area (Å²) in [5.74, 6) is 0. The minimum absolute atomic E-state index is 0.230. The van der Waals surface area contributed by atoms with E-state index in [1.807, 2.05) is 17.9 Å². The van der Waals surface area contributed by atoms with E-state index in [9.17, 15) is 0 Å². The van der Waals surface area contributed by atoms with Crippen LogP contribution < -0.4 is 5.32 Å². The van der Waals surface area contributed by atoms with Crippen molar-refractivity contribution in [2.45, 2.75) is 64.5 Å². The molecule has 1 saturated heterocycles. The van der Waals surface area contributed by atoms with Gasteiger partial charge in [0.15, 0.2) is 0 Å². The third-order valence-electron chi connectivity index (χ3n) is 4.89. The molecule has 1 N–H and O–H groups in total. The van der Waals surface area contributed by atoms with Gasteiger partial charge >= 0.3 is 0 Å². The Bertz CT molecular complexity index is 418. The Morgan fingerprint density at radius 1 is 1.33 bits per heavy atom. The molecule has 120 valence electrons. The lowest BCUT2D eigenvalue weighted by atomic mass is 9.88. The van der Waals surface area contributed by atoms with Gasteiger partial charge in [-0.25, -0.2) is 0 Å². The van der Waals surface area contributed by atoms with E-state index < -0.39 is 0 Å². The minimum Gasteiger partial charge on any atom is -0.312 e. The zero-order valence-corrected chi connectivity index (χ0v) is 14.2. The van der Waals surface area contributed by atoms with Crippen molar-refractivity contribution in [3.63, 3.8) is 0 Å². The molecule has 4 heteroatoms. The summed E-state index contributed by atoms with van der Waals surface area (Å²) >= 11 is 0. The van der Waals surface area contributed by atoms with Crippen molar-refractivity contribution in [2.75, 3.05) is 19.6 Å². The monoisotopic (exact) mass is 292 g/mol. The molecule has 1 aromatic heterocycles. The van der Waals surface area contributed by atoms with Crippen LogP contribution in [0, 0.1) is 0 Å². The zero-order chi connectivity index (χ0) is 15.3. The topological polar surface area (TPSA) is 33.1 Å². The molecule has 21 heavy (non-hydrogen) atoms. The first-order chi connectivity index (χ1) is 10.0. The molecule has 0 amide bonds. The third kappa shape index (κ3) is 4.30. The van der Waals surface area contributed by atoms with Crippen molar-refractivity contribution >= 4 is 0 Å². The van der Waals surface area contributed by atoms with Crippen LogP contribution in [0.5, 0.6) is 0 Å². The number of nitrogens with zero attached hydrogens (tertiary/aromatic N) is 3. The minimum atomic E-state index is 0.230. The fourth-order valence-electron chi connectivity index (χ4n) is 3.45. The molecule has 0 saturated carbocycles. The van der Waals surface area contributed by atoms with E-state index in [2.05, 4.69) is 42.3 Å². The normalized spacial score (nSPS) is 18.3. The maximum absolute atomic E-state index is 4.28. The Morgan fingerprint density at radius 2 is 2.05 bits per heavy atom. The highest BCUT2D eigenvalue weighted by Gasteiger charge is 2.36. The second-order valence-corrected chi connectivity index (χ2v) is 6.92. The second-order valence-electron chi connectivity index (χ2n) is 6.92. The molecular weight excluding hydrogens is 260 g/mol. The van der Waals surface area contributed by atoms with Gasteiger partial charge < -0.3 is 5.32 Å². The molecule has 1 unspecified atom stereocenters. The molecule has 0 spiro atoms. The standard InChI is InChI=1S/C17H32N4/c1-5-10-18-16(9-8-15-13-19-20(4)14-15)17(2,3)21-11-6-7-12-21/h13-14,16,18H,5-12H2,1-4H3. The first-order valence-corrected chi connectivity index (χ1v) is 8.50. The Hall–Kier alpha value is -0.870. The summed E-state index contributed by atoms with van der Waals surface area (Å²) in [6.45, 7) is 10.7. The van der Waals surface area contributed by atoms with Crippen LogP contribution in [-0.2, 0) is 13.5 Å². The predicted octanol–water partition coefficient (Wildman–Crippen LogP) is 2.60. The predicted molar refractivity (Wildman–Crippen MR) is 88.5 cm³/mol. The van der Waals surface area contributed by atoms with Gasteiger partial charge in [-0.2, -0.15) is 5.10 Å². The van der Waals surface area contributed by atoms with Gasteiger partial charge in [0.25, 0.3) is 0 Å². The highest BCUT2D eigenvalue weighted by molar-refractivity contribution is 5.06. The highest BCUT2D eigenvalue weighted by atomic mass is 15.2. The van der Waals surface area contributed by atoms with Gasteiger partial charge in [0.1, 0.15) is 0 Å². The van der Waals surface area contributed by atoms with E-state index in [4.69, 9.17) is 0 Å². The van der Waals surface area contributed by atoms with Crippen LogP contribution in [0.25, 0.3) is 0 Å². The summed E-state index contributed by atoms with van der Waals surface area (Å²) < 4.78 is 1.90. The average molecular weight is 292 g/mol. The van der Waals surface area contributed by atoms with Crippen molar-refractivity contribution in [3.05, 3.63) is 18.0 Å².